The van der Waals surface area contributed by atoms with E-state index in [4.69, 9.17) is 9.47 Å². The molecule has 2 heterocycles. The summed E-state index contributed by atoms with van der Waals surface area (Å²) in [6.45, 7) is 1.68. The van der Waals surface area contributed by atoms with E-state index in [1.807, 2.05) is 36.4 Å². The zero-order valence-electron chi connectivity index (χ0n) is 18.8. The first-order valence-electron chi connectivity index (χ1n) is 11.7. The lowest BCUT2D eigenvalue weighted by Gasteiger charge is -2.38. The number of hydrogen-bond donors (Lipinski definition) is 2. The van der Waals surface area contributed by atoms with Crippen molar-refractivity contribution < 1.29 is 29.0 Å². The lowest BCUT2D eigenvalue weighted by molar-refractivity contribution is -0.144. The maximum absolute atomic E-state index is 13.2. The second kappa shape index (κ2) is 9.46. The number of nitrogens with one attached hydrogen (secondary N) is 1. The number of carbonyl (C=O) groups is 3. The Morgan fingerprint density at radius 2 is 1.74 bits per heavy atom. The number of carbonyl (C=O) groups excluding carboxylic acids is 2. The zero-order chi connectivity index (χ0) is 23.7. The van der Waals surface area contributed by atoms with E-state index >= 15 is 0 Å². The molecule has 2 fully saturated rings. The number of rotatable bonds is 6. The van der Waals surface area contributed by atoms with Crippen LogP contribution in [0.3, 0.4) is 0 Å². The van der Waals surface area contributed by atoms with Crippen molar-refractivity contribution in [1.82, 2.24) is 10.2 Å². The molecule has 5 rings (SSSR count). The Bertz CT molecular complexity index is 1060. The Hall–Kier alpha value is -3.39. The number of carboxylic acids is 1. The predicted octanol–water partition coefficient (Wildman–Crippen LogP) is 3.01. The molecule has 34 heavy (non-hydrogen) atoms. The molecule has 8 heteroatoms. The molecule has 3 atom stereocenters. The summed E-state index contributed by atoms with van der Waals surface area (Å²) >= 11 is 0. The summed E-state index contributed by atoms with van der Waals surface area (Å²) in [7, 11) is 0. The van der Waals surface area contributed by atoms with Crippen LogP contribution in [-0.4, -0.2) is 66.4 Å². The van der Waals surface area contributed by atoms with Gasteiger partial charge < -0.3 is 24.8 Å². The van der Waals surface area contributed by atoms with Gasteiger partial charge in [0.15, 0.2) is 0 Å². The molecule has 0 saturated carbocycles. The van der Waals surface area contributed by atoms with Crippen LogP contribution in [0.25, 0.3) is 11.1 Å². The van der Waals surface area contributed by atoms with Gasteiger partial charge in [0.05, 0.1) is 25.7 Å². The summed E-state index contributed by atoms with van der Waals surface area (Å²) in [4.78, 5) is 39.1. The third kappa shape index (κ3) is 4.25. The first kappa shape index (κ1) is 22.4. The van der Waals surface area contributed by atoms with Gasteiger partial charge in [-0.2, -0.15) is 0 Å². The van der Waals surface area contributed by atoms with Crippen LogP contribution in [0, 0.1) is 5.92 Å². The van der Waals surface area contributed by atoms with E-state index in [1.54, 1.807) is 4.90 Å². The molecule has 2 aromatic carbocycles. The molecule has 0 bridgehead atoms. The molecule has 1 aliphatic carbocycles. The number of carboxylic acid groups (broad SMARTS) is 1. The largest absolute Gasteiger partial charge is 0.481 e. The van der Waals surface area contributed by atoms with Gasteiger partial charge in [-0.25, -0.2) is 4.79 Å². The predicted molar refractivity (Wildman–Crippen MR) is 123 cm³/mol. The Balaban J connectivity index is 1.27. The van der Waals surface area contributed by atoms with Crippen LogP contribution in [-0.2, 0) is 19.1 Å². The summed E-state index contributed by atoms with van der Waals surface area (Å²) in [5, 5.41) is 11.9. The van der Waals surface area contributed by atoms with E-state index in [2.05, 4.69) is 17.4 Å². The minimum absolute atomic E-state index is 0.0677. The van der Waals surface area contributed by atoms with Gasteiger partial charge >= 0.3 is 12.1 Å². The van der Waals surface area contributed by atoms with Crippen molar-refractivity contribution >= 4 is 18.0 Å². The molecule has 2 saturated heterocycles. The fraction of sp³-hybridized carbons (Fsp3) is 0.423. The number of benzene rings is 2. The van der Waals surface area contributed by atoms with Crippen molar-refractivity contribution in [2.24, 2.45) is 5.92 Å². The van der Waals surface area contributed by atoms with Gasteiger partial charge in [-0.05, 0) is 35.1 Å². The SMILES string of the molecule is O=C(O)CC(NC(=O)OCC1c2ccccc2-c2ccccc21)C(=O)N1CCC[C@H]2COC[C@H]21. The van der Waals surface area contributed by atoms with Crippen LogP contribution in [0.15, 0.2) is 48.5 Å². The number of fused-ring (bicyclic) bond motifs is 4. The molecular weight excluding hydrogens is 436 g/mol. The van der Waals surface area contributed by atoms with Crippen molar-refractivity contribution in [3.05, 3.63) is 59.7 Å². The van der Waals surface area contributed by atoms with Gasteiger partial charge in [0.1, 0.15) is 12.6 Å². The maximum atomic E-state index is 13.2. The first-order valence-corrected chi connectivity index (χ1v) is 11.7. The molecule has 0 aromatic heterocycles. The van der Waals surface area contributed by atoms with E-state index in [0.717, 1.165) is 35.1 Å². The Labute approximate surface area is 197 Å². The third-order valence-electron chi connectivity index (χ3n) is 7.13. The second-order valence-electron chi connectivity index (χ2n) is 9.16. The highest BCUT2D eigenvalue weighted by Gasteiger charge is 2.41. The topological polar surface area (TPSA) is 105 Å². The molecule has 1 unspecified atom stereocenters. The minimum atomic E-state index is -1.19. The fourth-order valence-corrected chi connectivity index (χ4v) is 5.53. The molecule has 8 nitrogen and oxygen atoms in total. The smallest absolute Gasteiger partial charge is 0.407 e. The van der Waals surface area contributed by atoms with Crippen molar-refractivity contribution in [2.45, 2.75) is 37.3 Å². The van der Waals surface area contributed by atoms with Crippen LogP contribution in [0.4, 0.5) is 4.79 Å². The number of aliphatic carboxylic acids is 1. The van der Waals surface area contributed by atoms with Gasteiger partial charge in [-0.3, -0.25) is 9.59 Å². The van der Waals surface area contributed by atoms with Crippen molar-refractivity contribution in [1.29, 1.82) is 0 Å². The summed E-state index contributed by atoms with van der Waals surface area (Å²) in [6.07, 6.45) is 0.522. The number of amides is 2. The lowest BCUT2D eigenvalue weighted by Crippen LogP contribution is -2.56. The van der Waals surface area contributed by atoms with E-state index in [-0.39, 0.29) is 24.5 Å². The first-order chi connectivity index (χ1) is 16.5. The second-order valence-corrected chi connectivity index (χ2v) is 9.16. The molecule has 0 radical (unpaired) electrons. The third-order valence-corrected chi connectivity index (χ3v) is 7.13. The van der Waals surface area contributed by atoms with E-state index in [9.17, 15) is 19.5 Å². The van der Waals surface area contributed by atoms with Crippen LogP contribution in [0.2, 0.25) is 0 Å². The Kier molecular flexibility index (Phi) is 6.24. The molecule has 2 amide bonds. The number of hydrogen-bond acceptors (Lipinski definition) is 5. The average Bonchev–Trinajstić information content (AvgIpc) is 3.44. The van der Waals surface area contributed by atoms with E-state index in [1.165, 1.54) is 0 Å². The highest BCUT2D eigenvalue weighted by molar-refractivity contribution is 5.89. The number of ether oxygens (including phenoxy) is 2. The van der Waals surface area contributed by atoms with Gasteiger partial charge in [0.2, 0.25) is 5.91 Å². The highest BCUT2D eigenvalue weighted by Crippen LogP contribution is 2.44. The minimum Gasteiger partial charge on any atom is -0.481 e. The lowest BCUT2D eigenvalue weighted by atomic mass is 9.91. The average molecular weight is 465 g/mol. The molecule has 3 aliphatic rings. The van der Waals surface area contributed by atoms with Gasteiger partial charge in [-0.15, -0.1) is 0 Å². The number of likely N-dealkylation sites (tertiary alicyclic amines) is 1. The van der Waals surface area contributed by atoms with Crippen molar-refractivity contribution in [2.75, 3.05) is 26.4 Å². The summed E-state index contributed by atoms with van der Waals surface area (Å²) in [6, 6.07) is 14.8. The molecule has 0 spiro atoms. The highest BCUT2D eigenvalue weighted by atomic mass is 16.5. The maximum Gasteiger partial charge on any atom is 0.407 e. The Morgan fingerprint density at radius 3 is 2.41 bits per heavy atom. The molecule has 2 N–H and O–H groups in total. The Morgan fingerprint density at radius 1 is 1.06 bits per heavy atom. The molecule has 2 aromatic rings. The van der Waals surface area contributed by atoms with Crippen LogP contribution in [0.5, 0.6) is 0 Å². The van der Waals surface area contributed by atoms with Gasteiger partial charge in [0.25, 0.3) is 0 Å². The standard InChI is InChI=1S/C26H28N2O6/c29-24(30)12-22(25(31)28-11-5-6-16-13-33-15-23(16)28)27-26(32)34-14-21-19-9-3-1-7-17(19)18-8-2-4-10-20(18)21/h1-4,7-10,16,21-23H,5-6,11-15H2,(H,27,32)(H,29,30)/t16-,22?,23+/m0/s1. The van der Waals surface area contributed by atoms with Gasteiger partial charge in [0, 0.05) is 18.4 Å². The zero-order valence-corrected chi connectivity index (χ0v) is 18.8. The summed E-state index contributed by atoms with van der Waals surface area (Å²) in [5.41, 5.74) is 4.39. The van der Waals surface area contributed by atoms with Crippen LogP contribution in [0.1, 0.15) is 36.3 Å². The molecule has 2 aliphatic heterocycles. The quantitative estimate of drug-likeness (QED) is 0.681. The van der Waals surface area contributed by atoms with Crippen LogP contribution < -0.4 is 5.32 Å². The van der Waals surface area contributed by atoms with Gasteiger partial charge in [-0.1, -0.05) is 48.5 Å². The van der Waals surface area contributed by atoms with E-state index in [0.29, 0.717) is 19.8 Å². The van der Waals surface area contributed by atoms with Crippen LogP contribution >= 0.6 is 0 Å². The number of alkyl carbamates (subject to hydrolysis) is 1. The molecular formula is C26H28N2O6. The van der Waals surface area contributed by atoms with E-state index < -0.39 is 30.4 Å². The monoisotopic (exact) mass is 464 g/mol. The summed E-state index contributed by atoms with van der Waals surface area (Å²) < 4.78 is 11.1. The fourth-order valence-electron chi connectivity index (χ4n) is 5.53. The van der Waals surface area contributed by atoms with Crippen molar-refractivity contribution in [3.63, 3.8) is 0 Å². The summed E-state index contributed by atoms with van der Waals surface area (Å²) in [5.74, 6) is -1.41. The normalized spacial score (nSPS) is 21.8. The van der Waals surface area contributed by atoms with Crippen molar-refractivity contribution in [3.8, 4) is 11.1 Å². The number of piperidine rings is 1. The molecule has 178 valence electrons. The number of nitrogens with zero attached hydrogens (tertiary/aromatic N) is 1.